The Kier molecular flexibility index (Phi) is 4.46. The van der Waals surface area contributed by atoms with Gasteiger partial charge in [-0.1, -0.05) is 6.07 Å². The summed E-state index contributed by atoms with van der Waals surface area (Å²) in [4.78, 5) is 13.3. The molecular formula is C13H16F2N2O3S. The molecular weight excluding hydrogens is 302 g/mol. The van der Waals surface area contributed by atoms with E-state index in [1.165, 1.54) is 17.2 Å². The maximum atomic E-state index is 13.4. The minimum Gasteiger partial charge on any atom is -0.324 e. The molecule has 1 aliphatic rings. The molecule has 2 amide bonds. The second-order valence-corrected chi connectivity index (χ2v) is 7.37. The number of nitrogens with one attached hydrogen (secondary N) is 1. The Hall–Kier alpha value is -1.70. The van der Waals surface area contributed by atoms with E-state index in [9.17, 15) is 22.0 Å². The van der Waals surface area contributed by atoms with Gasteiger partial charge in [-0.15, -0.1) is 0 Å². The van der Waals surface area contributed by atoms with Gasteiger partial charge in [0.15, 0.2) is 0 Å². The average Bonchev–Trinajstić information content (AvgIpc) is 2.42. The van der Waals surface area contributed by atoms with Crippen LogP contribution in [0.4, 0.5) is 19.3 Å². The number of nitrogens with zero attached hydrogens (tertiary/aromatic N) is 1. The molecule has 116 valence electrons. The van der Waals surface area contributed by atoms with Gasteiger partial charge in [0.2, 0.25) is 0 Å². The highest BCUT2D eigenvalue weighted by Crippen LogP contribution is 2.21. The van der Waals surface area contributed by atoms with Crippen molar-refractivity contribution in [2.75, 3.05) is 24.7 Å². The summed E-state index contributed by atoms with van der Waals surface area (Å²) in [5.41, 5.74) is -0.493. The average molecular weight is 318 g/mol. The Morgan fingerprint density at radius 3 is 2.24 bits per heavy atom. The predicted octanol–water partition coefficient (Wildman–Crippen LogP) is 2.01. The maximum absolute atomic E-state index is 13.4. The van der Waals surface area contributed by atoms with Crippen molar-refractivity contribution in [1.29, 1.82) is 0 Å². The fourth-order valence-electron chi connectivity index (χ4n) is 2.29. The number of piperidine rings is 1. The first-order chi connectivity index (χ1) is 9.79. The summed E-state index contributed by atoms with van der Waals surface area (Å²) in [7, 11) is -3.13. The van der Waals surface area contributed by atoms with Gasteiger partial charge in [-0.05, 0) is 25.0 Å². The number of carbonyl (C=O) groups excluding carboxylic acids is 1. The summed E-state index contributed by atoms with van der Waals surface area (Å²) < 4.78 is 49.7. The number of benzene rings is 1. The van der Waals surface area contributed by atoms with Crippen molar-refractivity contribution in [3.8, 4) is 0 Å². The summed E-state index contributed by atoms with van der Waals surface area (Å²) in [6.45, 7) is 0.472. The zero-order valence-corrected chi connectivity index (χ0v) is 12.3. The van der Waals surface area contributed by atoms with Crippen LogP contribution in [0.1, 0.15) is 12.8 Å². The molecule has 0 spiro atoms. The molecule has 8 heteroatoms. The summed E-state index contributed by atoms with van der Waals surface area (Å²) in [5.74, 6) is -1.70. The van der Waals surface area contributed by atoms with Gasteiger partial charge in [-0.25, -0.2) is 22.0 Å². The number of amides is 2. The topological polar surface area (TPSA) is 66.5 Å². The van der Waals surface area contributed by atoms with Crippen molar-refractivity contribution in [2.24, 2.45) is 0 Å². The highest BCUT2D eigenvalue weighted by atomic mass is 32.2. The van der Waals surface area contributed by atoms with E-state index >= 15 is 0 Å². The molecule has 1 aliphatic heterocycles. The monoisotopic (exact) mass is 318 g/mol. The van der Waals surface area contributed by atoms with Crippen LogP contribution < -0.4 is 5.32 Å². The van der Waals surface area contributed by atoms with Gasteiger partial charge in [-0.3, -0.25) is 0 Å². The van der Waals surface area contributed by atoms with Gasteiger partial charge in [0, 0.05) is 19.3 Å². The quantitative estimate of drug-likeness (QED) is 0.907. The first-order valence-electron chi connectivity index (χ1n) is 6.48. The highest BCUT2D eigenvalue weighted by Gasteiger charge is 2.29. The van der Waals surface area contributed by atoms with Gasteiger partial charge in [0.25, 0.3) is 0 Å². The maximum Gasteiger partial charge on any atom is 0.322 e. The van der Waals surface area contributed by atoms with Crippen LogP contribution in [-0.2, 0) is 9.84 Å². The van der Waals surface area contributed by atoms with E-state index in [0.717, 1.165) is 12.1 Å². The van der Waals surface area contributed by atoms with Crippen molar-refractivity contribution in [3.63, 3.8) is 0 Å². The molecule has 1 aromatic rings. The number of sulfone groups is 1. The van der Waals surface area contributed by atoms with Gasteiger partial charge in [0.05, 0.1) is 5.25 Å². The van der Waals surface area contributed by atoms with Gasteiger partial charge in [-0.2, -0.15) is 0 Å². The summed E-state index contributed by atoms with van der Waals surface area (Å²) >= 11 is 0. The smallest absolute Gasteiger partial charge is 0.322 e. The SMILES string of the molecule is CS(=O)(=O)C1CCN(C(=O)Nc2c(F)cccc2F)CC1. The zero-order chi connectivity index (χ0) is 15.6. The molecule has 1 heterocycles. The third-order valence-electron chi connectivity index (χ3n) is 3.53. The number of anilines is 1. The van der Waals surface area contributed by atoms with Crippen LogP contribution >= 0.6 is 0 Å². The van der Waals surface area contributed by atoms with Crippen LogP contribution in [0.15, 0.2) is 18.2 Å². The first-order valence-corrected chi connectivity index (χ1v) is 8.43. The van der Waals surface area contributed by atoms with E-state index in [2.05, 4.69) is 5.32 Å². The number of rotatable bonds is 2. The molecule has 0 atom stereocenters. The van der Waals surface area contributed by atoms with Crippen LogP contribution in [0, 0.1) is 11.6 Å². The largest absolute Gasteiger partial charge is 0.324 e. The Morgan fingerprint density at radius 1 is 1.24 bits per heavy atom. The lowest BCUT2D eigenvalue weighted by atomic mass is 10.1. The molecule has 0 saturated carbocycles. The van der Waals surface area contributed by atoms with Crippen LogP contribution in [0.25, 0.3) is 0 Å². The van der Waals surface area contributed by atoms with E-state index < -0.39 is 38.4 Å². The lowest BCUT2D eigenvalue weighted by molar-refractivity contribution is 0.200. The highest BCUT2D eigenvalue weighted by molar-refractivity contribution is 7.91. The molecule has 1 aromatic carbocycles. The van der Waals surface area contributed by atoms with E-state index in [1.807, 2.05) is 0 Å². The molecule has 0 radical (unpaired) electrons. The van der Waals surface area contributed by atoms with Crippen molar-refractivity contribution in [2.45, 2.75) is 18.1 Å². The van der Waals surface area contributed by atoms with Gasteiger partial charge >= 0.3 is 6.03 Å². The van der Waals surface area contributed by atoms with Gasteiger partial charge < -0.3 is 10.2 Å². The number of urea groups is 1. The minimum absolute atomic E-state index is 0.236. The normalized spacial score (nSPS) is 16.8. The van der Waals surface area contributed by atoms with Crippen LogP contribution in [0.5, 0.6) is 0 Å². The van der Waals surface area contributed by atoms with E-state index in [-0.39, 0.29) is 13.1 Å². The lowest BCUT2D eigenvalue weighted by Gasteiger charge is -2.31. The third-order valence-corrected chi connectivity index (χ3v) is 5.21. The van der Waals surface area contributed by atoms with E-state index in [4.69, 9.17) is 0 Å². The molecule has 5 nitrogen and oxygen atoms in total. The Bertz CT molecular complexity index is 621. The molecule has 1 fully saturated rings. The van der Waals surface area contributed by atoms with Crippen molar-refractivity contribution < 1.29 is 22.0 Å². The molecule has 0 bridgehead atoms. The van der Waals surface area contributed by atoms with E-state index in [0.29, 0.717) is 12.8 Å². The zero-order valence-electron chi connectivity index (χ0n) is 11.5. The number of carbonyl (C=O) groups is 1. The van der Waals surface area contributed by atoms with Crippen molar-refractivity contribution >= 4 is 21.6 Å². The number of hydrogen-bond acceptors (Lipinski definition) is 3. The molecule has 0 aliphatic carbocycles. The fraction of sp³-hybridized carbons (Fsp3) is 0.462. The molecule has 2 rings (SSSR count). The Morgan fingerprint density at radius 2 is 1.76 bits per heavy atom. The lowest BCUT2D eigenvalue weighted by Crippen LogP contribution is -2.44. The van der Waals surface area contributed by atoms with Crippen LogP contribution in [0.2, 0.25) is 0 Å². The summed E-state index contributed by atoms with van der Waals surface area (Å²) in [6.07, 6.45) is 1.82. The second kappa shape index (κ2) is 5.97. The van der Waals surface area contributed by atoms with Crippen LogP contribution in [0.3, 0.4) is 0 Å². The second-order valence-electron chi connectivity index (χ2n) is 5.04. The Labute approximate surface area is 121 Å². The fourth-order valence-corrected chi connectivity index (χ4v) is 3.36. The predicted molar refractivity (Wildman–Crippen MR) is 74.8 cm³/mol. The first kappa shape index (κ1) is 15.7. The number of para-hydroxylation sites is 1. The summed E-state index contributed by atoms with van der Waals surface area (Å²) in [6, 6.07) is 2.67. The van der Waals surface area contributed by atoms with Gasteiger partial charge in [0.1, 0.15) is 27.2 Å². The van der Waals surface area contributed by atoms with Crippen molar-refractivity contribution in [3.05, 3.63) is 29.8 Å². The number of halogens is 2. The number of hydrogen-bond donors (Lipinski definition) is 1. The molecule has 1 N–H and O–H groups in total. The summed E-state index contributed by atoms with van der Waals surface area (Å²) in [5, 5.41) is 1.72. The molecule has 0 aromatic heterocycles. The van der Waals surface area contributed by atoms with E-state index in [1.54, 1.807) is 0 Å². The molecule has 1 saturated heterocycles. The van der Waals surface area contributed by atoms with Crippen LogP contribution in [-0.4, -0.2) is 43.9 Å². The number of likely N-dealkylation sites (tertiary alicyclic amines) is 1. The Balaban J connectivity index is 2.00. The molecule has 21 heavy (non-hydrogen) atoms. The standard InChI is InChI=1S/C13H16F2N2O3S/c1-21(19,20)9-5-7-17(8-6-9)13(18)16-12-10(14)3-2-4-11(12)15/h2-4,9H,5-8H2,1H3,(H,16,18). The van der Waals surface area contributed by atoms with Crippen molar-refractivity contribution in [1.82, 2.24) is 4.90 Å². The third kappa shape index (κ3) is 3.69. The molecule has 0 unspecified atom stereocenters. The minimum atomic E-state index is -3.13.